The number of methoxy groups -OCH3 is 1. The number of nitrogens with one attached hydrogen (secondary N) is 1. The number of hydrogen-bond donors (Lipinski definition) is 3. The van der Waals surface area contributed by atoms with Crippen LogP contribution in [0.1, 0.15) is 32.8 Å². The quantitative estimate of drug-likeness (QED) is 0.406. The van der Waals surface area contributed by atoms with E-state index in [2.05, 4.69) is 11.9 Å². The zero-order valence-electron chi connectivity index (χ0n) is 22.0. The van der Waals surface area contributed by atoms with Gasteiger partial charge >= 0.3 is 6.16 Å². The van der Waals surface area contributed by atoms with Gasteiger partial charge in [-0.25, -0.2) is 4.79 Å². The van der Waals surface area contributed by atoms with E-state index in [1.165, 1.54) is 6.92 Å². The summed E-state index contributed by atoms with van der Waals surface area (Å²) in [5.41, 5.74) is -2.20. The van der Waals surface area contributed by atoms with Crippen molar-refractivity contribution in [3.05, 3.63) is 66.5 Å². The molecule has 1 saturated carbocycles. The van der Waals surface area contributed by atoms with E-state index < -0.39 is 64.9 Å². The van der Waals surface area contributed by atoms with Gasteiger partial charge in [-0.15, -0.1) is 0 Å². The minimum atomic E-state index is -1.87. The molecular formula is C29H35NO8. The van der Waals surface area contributed by atoms with Crippen molar-refractivity contribution >= 4 is 17.8 Å². The van der Waals surface area contributed by atoms with Crippen molar-refractivity contribution in [2.45, 2.75) is 57.0 Å². The number of benzene rings is 1. The lowest BCUT2D eigenvalue weighted by atomic mass is 9.59. The number of amides is 1. The fourth-order valence-electron chi connectivity index (χ4n) is 6.01. The Morgan fingerprint density at radius 2 is 1.87 bits per heavy atom. The first-order chi connectivity index (χ1) is 17.9. The van der Waals surface area contributed by atoms with Gasteiger partial charge in [0.15, 0.2) is 5.78 Å². The summed E-state index contributed by atoms with van der Waals surface area (Å²) in [4.78, 5) is 39.4. The molecule has 38 heavy (non-hydrogen) atoms. The first-order valence-electron chi connectivity index (χ1n) is 12.7. The standard InChI is InChI=1S/C29H35NO8/c1-16-7-6-8-21-24(31)18(3)17(2)23-22(15-19-9-11-20(36-5)12-10-19)30-26(33)29(21,23)38-27(34)37-14-13-28(4,35)25(16)32/h6,8-14,16-17,21-24,31,35H,3,7,15H2,1-2,4-5H3,(H,30,33). The Morgan fingerprint density at radius 1 is 1.18 bits per heavy atom. The summed E-state index contributed by atoms with van der Waals surface area (Å²) in [7, 11) is 1.58. The number of carbonyl (C=O) groups is 3. The summed E-state index contributed by atoms with van der Waals surface area (Å²) in [6.07, 6.45) is 3.55. The molecule has 1 spiro atoms. The molecule has 8 unspecified atom stereocenters. The highest BCUT2D eigenvalue weighted by atomic mass is 16.7. The summed E-state index contributed by atoms with van der Waals surface area (Å²) in [6, 6.07) is 7.03. The summed E-state index contributed by atoms with van der Waals surface area (Å²) >= 11 is 0. The van der Waals surface area contributed by atoms with Crippen LogP contribution in [0.5, 0.6) is 5.75 Å². The van der Waals surface area contributed by atoms with Crippen LogP contribution in [0.4, 0.5) is 4.79 Å². The van der Waals surface area contributed by atoms with Gasteiger partial charge in [0.05, 0.1) is 25.4 Å². The van der Waals surface area contributed by atoms with E-state index >= 15 is 0 Å². The average molecular weight is 526 g/mol. The SMILES string of the molecule is C=C1C(C)C2C(Cc3ccc(OC)cc3)NC(=O)C23OC(=O)OC=CC(C)(O)C(=O)C(C)CC=CC3C1O. The molecule has 9 heteroatoms. The van der Waals surface area contributed by atoms with Gasteiger partial charge in [-0.05, 0) is 55.0 Å². The van der Waals surface area contributed by atoms with Crippen molar-refractivity contribution in [3.63, 3.8) is 0 Å². The third-order valence-electron chi connectivity index (χ3n) is 8.14. The first-order valence-corrected chi connectivity index (χ1v) is 12.7. The van der Waals surface area contributed by atoms with E-state index in [0.717, 1.165) is 17.9 Å². The molecular weight excluding hydrogens is 490 g/mol. The molecule has 3 N–H and O–H groups in total. The van der Waals surface area contributed by atoms with Gasteiger partial charge in [0, 0.05) is 17.9 Å². The van der Waals surface area contributed by atoms with E-state index in [1.807, 2.05) is 31.2 Å². The number of rotatable bonds is 3. The normalized spacial score (nSPS) is 37.5. The molecule has 2 fully saturated rings. The number of hydrogen-bond acceptors (Lipinski definition) is 8. The Kier molecular flexibility index (Phi) is 7.54. The number of aliphatic hydroxyl groups is 2. The predicted molar refractivity (Wildman–Crippen MR) is 138 cm³/mol. The highest BCUT2D eigenvalue weighted by Crippen LogP contribution is 2.52. The van der Waals surface area contributed by atoms with E-state index in [0.29, 0.717) is 17.7 Å². The predicted octanol–water partition coefficient (Wildman–Crippen LogP) is 2.86. The third kappa shape index (κ3) is 4.76. The zero-order chi connectivity index (χ0) is 27.8. The molecule has 1 aromatic carbocycles. The summed E-state index contributed by atoms with van der Waals surface area (Å²) in [5.74, 6) is -2.84. The van der Waals surface area contributed by atoms with Crippen LogP contribution < -0.4 is 10.1 Å². The molecule has 1 saturated heterocycles. The number of Topliss-reactive ketones (excluding diaryl/α,β-unsaturated/α-hetero) is 1. The molecule has 1 amide bonds. The van der Waals surface area contributed by atoms with Gasteiger partial charge < -0.3 is 29.7 Å². The van der Waals surface area contributed by atoms with E-state index in [-0.39, 0.29) is 6.42 Å². The van der Waals surface area contributed by atoms with Crippen LogP contribution in [0.3, 0.4) is 0 Å². The van der Waals surface area contributed by atoms with Gasteiger partial charge in [0.25, 0.3) is 5.91 Å². The maximum absolute atomic E-state index is 13.8. The van der Waals surface area contributed by atoms with Crippen LogP contribution in [0, 0.1) is 23.7 Å². The van der Waals surface area contributed by atoms with Crippen LogP contribution in [0.25, 0.3) is 0 Å². The van der Waals surface area contributed by atoms with Gasteiger partial charge in [-0.2, -0.15) is 0 Å². The molecule has 1 aromatic rings. The maximum Gasteiger partial charge on any atom is 0.514 e. The molecule has 2 aliphatic heterocycles. The van der Waals surface area contributed by atoms with Crippen LogP contribution in [0.2, 0.25) is 0 Å². The molecule has 0 bridgehead atoms. The van der Waals surface area contributed by atoms with Crippen LogP contribution in [-0.4, -0.2) is 58.5 Å². The number of ether oxygens (including phenoxy) is 3. The van der Waals surface area contributed by atoms with Gasteiger partial charge in [0.2, 0.25) is 5.60 Å². The Labute approximate surface area is 222 Å². The minimum Gasteiger partial charge on any atom is -0.497 e. The van der Waals surface area contributed by atoms with E-state index in [4.69, 9.17) is 14.2 Å². The lowest BCUT2D eigenvalue weighted by Crippen LogP contribution is -2.61. The van der Waals surface area contributed by atoms with E-state index in [1.54, 1.807) is 26.2 Å². The molecule has 204 valence electrons. The Morgan fingerprint density at radius 3 is 2.53 bits per heavy atom. The second-order valence-electron chi connectivity index (χ2n) is 10.6. The largest absolute Gasteiger partial charge is 0.514 e. The van der Waals surface area contributed by atoms with Crippen molar-refractivity contribution in [3.8, 4) is 5.75 Å². The van der Waals surface area contributed by atoms with Crippen LogP contribution in [-0.2, 0) is 25.5 Å². The van der Waals surface area contributed by atoms with Crippen molar-refractivity contribution in [2.75, 3.05) is 7.11 Å². The van der Waals surface area contributed by atoms with Crippen molar-refractivity contribution in [1.82, 2.24) is 5.32 Å². The number of carbonyl (C=O) groups excluding carboxylic acids is 3. The smallest absolute Gasteiger partial charge is 0.497 e. The maximum atomic E-state index is 13.8. The summed E-state index contributed by atoms with van der Waals surface area (Å²) < 4.78 is 16.2. The molecule has 3 aliphatic rings. The third-order valence-corrected chi connectivity index (χ3v) is 8.14. The number of allylic oxidation sites excluding steroid dienone is 1. The number of cyclic esters (lactones) is 1. The second-order valence-corrected chi connectivity index (χ2v) is 10.6. The second kappa shape index (κ2) is 10.4. The lowest BCUT2D eigenvalue weighted by Gasteiger charge is -2.48. The molecule has 0 aromatic heterocycles. The fraction of sp³-hybridized carbons (Fsp3) is 0.483. The Bertz CT molecular complexity index is 1170. The van der Waals surface area contributed by atoms with Crippen LogP contribution in [0.15, 0.2) is 60.9 Å². The molecule has 0 radical (unpaired) electrons. The Hall–Kier alpha value is -3.43. The molecule has 1 aliphatic carbocycles. The Balaban J connectivity index is 1.78. The molecule has 2 heterocycles. The average Bonchev–Trinajstić information content (AvgIpc) is 3.15. The summed E-state index contributed by atoms with van der Waals surface area (Å²) in [5, 5.41) is 24.8. The van der Waals surface area contributed by atoms with Crippen molar-refractivity contribution in [2.24, 2.45) is 23.7 Å². The zero-order valence-corrected chi connectivity index (χ0v) is 22.0. The fourth-order valence-corrected chi connectivity index (χ4v) is 6.01. The van der Waals surface area contributed by atoms with Gasteiger partial charge in [-0.1, -0.05) is 44.7 Å². The summed E-state index contributed by atoms with van der Waals surface area (Å²) in [6.45, 7) is 8.94. The molecule has 4 rings (SSSR count). The monoisotopic (exact) mass is 525 g/mol. The van der Waals surface area contributed by atoms with Crippen molar-refractivity contribution in [1.29, 1.82) is 0 Å². The highest BCUT2D eigenvalue weighted by molar-refractivity contribution is 5.92. The van der Waals surface area contributed by atoms with Gasteiger partial charge in [-0.3, -0.25) is 9.59 Å². The van der Waals surface area contributed by atoms with Crippen molar-refractivity contribution < 1.29 is 38.8 Å². The van der Waals surface area contributed by atoms with Crippen LogP contribution >= 0.6 is 0 Å². The molecule has 8 atom stereocenters. The molecule has 9 nitrogen and oxygen atoms in total. The number of ketones is 1. The van der Waals surface area contributed by atoms with Gasteiger partial charge in [0.1, 0.15) is 11.4 Å². The minimum absolute atomic E-state index is 0.237. The first kappa shape index (κ1) is 27.6. The lowest BCUT2D eigenvalue weighted by molar-refractivity contribution is -0.159. The number of aliphatic hydroxyl groups excluding tert-OH is 1. The van der Waals surface area contributed by atoms with E-state index in [9.17, 15) is 24.6 Å². The topological polar surface area (TPSA) is 131 Å². The highest BCUT2D eigenvalue weighted by Gasteiger charge is 2.68.